The molecule has 0 aromatic heterocycles. The molecule has 0 fully saturated rings. The monoisotopic (exact) mass is 322 g/mol. The summed E-state index contributed by atoms with van der Waals surface area (Å²) in [5.74, 6) is 0. The van der Waals surface area contributed by atoms with Crippen molar-refractivity contribution in [3.63, 3.8) is 0 Å². The minimum absolute atomic E-state index is 0.163. The topological polar surface area (TPSA) is 20.2 Å². The molecule has 0 bridgehead atoms. The van der Waals surface area contributed by atoms with Crippen LogP contribution in [0.15, 0.2) is 42.5 Å². The highest BCUT2D eigenvalue weighted by Crippen LogP contribution is 2.55. The van der Waals surface area contributed by atoms with Crippen LogP contribution >= 0.6 is 0 Å². The van der Waals surface area contributed by atoms with Gasteiger partial charge in [-0.05, 0) is 23.1 Å². The maximum Gasteiger partial charge on any atom is 0.406 e. The molecule has 0 unspecified atom stereocenters. The van der Waals surface area contributed by atoms with Crippen molar-refractivity contribution in [2.24, 2.45) is 5.41 Å². The number of allylic oxidation sites excluding steroid dienone is 4. The molecule has 1 aromatic carbocycles. The van der Waals surface area contributed by atoms with Gasteiger partial charge in [0.1, 0.15) is 0 Å². The number of benzene rings is 1. The van der Waals surface area contributed by atoms with Gasteiger partial charge in [0.2, 0.25) is 0 Å². The second-order valence-corrected chi connectivity index (χ2v) is 4.98. The van der Waals surface area contributed by atoms with Gasteiger partial charge in [-0.2, -0.15) is 26.3 Å². The smallest absolute Gasteiger partial charge is 0.392 e. The summed E-state index contributed by atoms with van der Waals surface area (Å²) < 4.78 is 77.6. The lowest BCUT2D eigenvalue weighted by Crippen LogP contribution is -2.48. The second kappa shape index (κ2) is 5.46. The number of hydrogen-bond donors (Lipinski definition) is 1. The van der Waals surface area contributed by atoms with Crippen molar-refractivity contribution in [2.75, 3.05) is 0 Å². The standard InChI is InChI=1S/C15H12F6O/c16-14(17,18)13(15(19,20)21)7-5-10(6-8-13)12-4-2-1-3-11(12)9-22/h1-7,22H,8-9H2. The average molecular weight is 322 g/mol. The van der Waals surface area contributed by atoms with E-state index in [0.717, 1.165) is 12.2 Å². The zero-order chi connectivity index (χ0) is 16.6. The van der Waals surface area contributed by atoms with E-state index >= 15 is 0 Å². The highest BCUT2D eigenvalue weighted by molar-refractivity contribution is 5.77. The van der Waals surface area contributed by atoms with Gasteiger partial charge in [-0.15, -0.1) is 0 Å². The first kappa shape index (κ1) is 16.6. The predicted octanol–water partition coefficient (Wildman–Crippen LogP) is 4.63. The van der Waals surface area contributed by atoms with E-state index in [4.69, 9.17) is 0 Å². The summed E-state index contributed by atoms with van der Waals surface area (Å²) in [4.78, 5) is 0. The third-order valence-corrected chi connectivity index (χ3v) is 3.70. The maximum absolute atomic E-state index is 12.9. The fourth-order valence-electron chi connectivity index (χ4n) is 2.36. The fourth-order valence-corrected chi connectivity index (χ4v) is 2.36. The third-order valence-electron chi connectivity index (χ3n) is 3.70. The predicted molar refractivity (Wildman–Crippen MR) is 68.6 cm³/mol. The Balaban J connectivity index is 2.42. The second-order valence-electron chi connectivity index (χ2n) is 4.98. The lowest BCUT2D eigenvalue weighted by molar-refractivity contribution is -0.320. The molecule has 0 heterocycles. The van der Waals surface area contributed by atoms with E-state index in [9.17, 15) is 31.4 Å². The number of aliphatic hydroxyl groups is 1. The Hall–Kier alpha value is -1.76. The molecule has 1 aromatic rings. The van der Waals surface area contributed by atoms with Crippen LogP contribution in [0.2, 0.25) is 0 Å². The summed E-state index contributed by atoms with van der Waals surface area (Å²) >= 11 is 0. The fraction of sp³-hybridized carbons (Fsp3) is 0.333. The van der Waals surface area contributed by atoms with Crippen LogP contribution < -0.4 is 0 Å². The van der Waals surface area contributed by atoms with Crippen LogP contribution in [0.1, 0.15) is 17.5 Å². The minimum atomic E-state index is -5.43. The lowest BCUT2D eigenvalue weighted by atomic mass is 9.77. The Morgan fingerprint density at radius 1 is 1.00 bits per heavy atom. The molecule has 22 heavy (non-hydrogen) atoms. The van der Waals surface area contributed by atoms with Crippen LogP contribution in [0, 0.1) is 5.41 Å². The summed E-state index contributed by atoms with van der Waals surface area (Å²) in [5, 5.41) is 9.20. The molecule has 0 saturated heterocycles. The quantitative estimate of drug-likeness (QED) is 0.787. The Morgan fingerprint density at radius 3 is 2.05 bits per heavy atom. The van der Waals surface area contributed by atoms with Crippen LogP contribution in [-0.2, 0) is 6.61 Å². The highest BCUT2D eigenvalue weighted by Gasteiger charge is 2.68. The molecule has 0 saturated carbocycles. The van der Waals surface area contributed by atoms with Crippen molar-refractivity contribution in [1.29, 1.82) is 0 Å². The van der Waals surface area contributed by atoms with Crippen molar-refractivity contribution < 1.29 is 31.4 Å². The number of halogens is 6. The van der Waals surface area contributed by atoms with Gasteiger partial charge >= 0.3 is 12.4 Å². The van der Waals surface area contributed by atoms with Gasteiger partial charge in [0.25, 0.3) is 0 Å². The van der Waals surface area contributed by atoms with Gasteiger partial charge in [-0.1, -0.05) is 42.5 Å². The Bertz CT molecular complexity index is 595. The Morgan fingerprint density at radius 2 is 1.59 bits per heavy atom. The van der Waals surface area contributed by atoms with Crippen molar-refractivity contribution in [3.05, 3.63) is 53.6 Å². The van der Waals surface area contributed by atoms with Crippen molar-refractivity contribution in [1.82, 2.24) is 0 Å². The summed E-state index contributed by atoms with van der Waals surface area (Å²) in [6.45, 7) is -0.356. The SMILES string of the molecule is OCc1ccccc1C1=CCC(C(F)(F)F)(C(F)(F)F)C=C1. The van der Waals surface area contributed by atoms with Gasteiger partial charge in [0.05, 0.1) is 6.61 Å². The van der Waals surface area contributed by atoms with Gasteiger partial charge in [0, 0.05) is 0 Å². The van der Waals surface area contributed by atoms with Gasteiger partial charge in [0.15, 0.2) is 5.41 Å². The van der Waals surface area contributed by atoms with Crippen LogP contribution in [0.25, 0.3) is 5.57 Å². The first-order valence-corrected chi connectivity index (χ1v) is 6.34. The molecule has 1 nitrogen and oxygen atoms in total. The van der Waals surface area contributed by atoms with Crippen molar-refractivity contribution in [2.45, 2.75) is 25.4 Å². The van der Waals surface area contributed by atoms with E-state index in [1.165, 1.54) is 6.07 Å². The van der Waals surface area contributed by atoms with Gasteiger partial charge in [-0.3, -0.25) is 0 Å². The zero-order valence-corrected chi connectivity index (χ0v) is 11.2. The first-order chi connectivity index (χ1) is 10.1. The first-order valence-electron chi connectivity index (χ1n) is 6.34. The molecule has 7 heteroatoms. The molecule has 120 valence electrons. The van der Waals surface area contributed by atoms with Gasteiger partial charge < -0.3 is 5.11 Å². The van der Waals surface area contributed by atoms with E-state index in [1.807, 2.05) is 0 Å². The maximum atomic E-state index is 12.9. The van der Waals surface area contributed by atoms with Crippen molar-refractivity contribution >= 4 is 5.57 Å². The average Bonchev–Trinajstić information content (AvgIpc) is 2.45. The van der Waals surface area contributed by atoms with E-state index in [2.05, 4.69) is 0 Å². The largest absolute Gasteiger partial charge is 0.406 e. The number of alkyl halides is 6. The van der Waals surface area contributed by atoms with Crippen molar-refractivity contribution in [3.8, 4) is 0 Å². The highest BCUT2D eigenvalue weighted by atomic mass is 19.4. The van der Waals surface area contributed by atoms with E-state index in [-0.39, 0.29) is 18.3 Å². The van der Waals surface area contributed by atoms with Crippen LogP contribution in [-0.4, -0.2) is 17.5 Å². The molecule has 0 aliphatic heterocycles. The van der Waals surface area contributed by atoms with Gasteiger partial charge in [-0.25, -0.2) is 0 Å². The summed E-state index contributed by atoms with van der Waals surface area (Å²) in [5.41, 5.74) is -2.78. The molecule has 1 aliphatic rings. The summed E-state index contributed by atoms with van der Waals surface area (Å²) in [7, 11) is 0. The third kappa shape index (κ3) is 2.65. The minimum Gasteiger partial charge on any atom is -0.392 e. The molecule has 1 N–H and O–H groups in total. The van der Waals surface area contributed by atoms with Crippen LogP contribution in [0.5, 0.6) is 0 Å². The molecule has 0 spiro atoms. The molecule has 0 amide bonds. The molecular formula is C15H12F6O. The number of hydrogen-bond acceptors (Lipinski definition) is 1. The van der Waals surface area contributed by atoms with E-state index < -0.39 is 24.2 Å². The molecule has 0 atom stereocenters. The van der Waals surface area contributed by atoms with Crippen LogP contribution in [0.3, 0.4) is 0 Å². The number of aliphatic hydroxyl groups excluding tert-OH is 1. The van der Waals surface area contributed by atoms with Crippen LogP contribution in [0.4, 0.5) is 26.3 Å². The molecule has 2 rings (SSSR count). The van der Waals surface area contributed by atoms with E-state index in [1.54, 1.807) is 18.2 Å². The number of rotatable bonds is 2. The summed E-state index contributed by atoms with van der Waals surface area (Å²) in [6.07, 6.45) is -10.2. The Kier molecular flexibility index (Phi) is 4.12. The lowest BCUT2D eigenvalue weighted by Gasteiger charge is -2.36. The van der Waals surface area contributed by atoms with E-state index in [0.29, 0.717) is 11.1 Å². The zero-order valence-electron chi connectivity index (χ0n) is 11.2. The summed E-state index contributed by atoms with van der Waals surface area (Å²) in [6, 6.07) is 6.31. The molecule has 1 aliphatic carbocycles. The molecular weight excluding hydrogens is 310 g/mol. The normalized spacial score (nSPS) is 18.2. The molecule has 0 radical (unpaired) electrons. The Labute approximate surface area is 122 Å².